The molecule has 1 aliphatic rings. The molecule has 0 aliphatic carbocycles. The molecule has 4 rings (SSSR count). The van der Waals surface area contributed by atoms with Gasteiger partial charge in [-0.1, -0.05) is 12.1 Å². The number of rotatable bonds is 3. The highest BCUT2D eigenvalue weighted by Crippen LogP contribution is 2.27. The molecular formula is C18H20N4O3S. The van der Waals surface area contributed by atoms with Crippen LogP contribution >= 0.6 is 0 Å². The number of hydrogen-bond acceptors (Lipinski definition) is 6. The zero-order valence-corrected chi connectivity index (χ0v) is 15.2. The van der Waals surface area contributed by atoms with Crippen molar-refractivity contribution >= 4 is 21.3 Å². The van der Waals surface area contributed by atoms with Crippen LogP contribution in [0, 0.1) is 0 Å². The SMILES string of the molecule is CS(=O)(=O)c1ccc(-c2cnc3c(N4CCC(O)CC4)nccn23)cc1. The molecule has 1 fully saturated rings. The Bertz CT molecular complexity index is 1040. The van der Waals surface area contributed by atoms with Crippen molar-refractivity contribution in [1.82, 2.24) is 14.4 Å². The van der Waals surface area contributed by atoms with E-state index in [9.17, 15) is 13.5 Å². The molecule has 136 valence electrons. The number of hydrogen-bond donors (Lipinski definition) is 1. The summed E-state index contributed by atoms with van der Waals surface area (Å²) in [7, 11) is -3.22. The third-order valence-corrected chi connectivity index (χ3v) is 5.88. The lowest BCUT2D eigenvalue weighted by atomic mass is 10.1. The summed E-state index contributed by atoms with van der Waals surface area (Å²) in [6.07, 6.45) is 7.77. The quantitative estimate of drug-likeness (QED) is 0.754. The molecule has 2 aromatic heterocycles. The average molecular weight is 372 g/mol. The topological polar surface area (TPSA) is 87.8 Å². The third kappa shape index (κ3) is 3.06. The lowest BCUT2D eigenvalue weighted by molar-refractivity contribution is 0.145. The normalized spacial score (nSPS) is 16.3. The van der Waals surface area contributed by atoms with E-state index >= 15 is 0 Å². The lowest BCUT2D eigenvalue weighted by Gasteiger charge is -2.30. The molecule has 0 amide bonds. The molecule has 1 N–H and O–H groups in total. The van der Waals surface area contributed by atoms with Gasteiger partial charge in [0.25, 0.3) is 0 Å². The number of aromatic nitrogens is 3. The van der Waals surface area contributed by atoms with Crippen LogP contribution in [0.5, 0.6) is 0 Å². The van der Waals surface area contributed by atoms with Crippen molar-refractivity contribution in [2.75, 3.05) is 24.2 Å². The second-order valence-electron chi connectivity index (χ2n) is 6.60. The van der Waals surface area contributed by atoms with Gasteiger partial charge in [-0.05, 0) is 25.0 Å². The highest BCUT2D eigenvalue weighted by molar-refractivity contribution is 7.90. The van der Waals surface area contributed by atoms with Gasteiger partial charge in [0, 0.05) is 37.3 Å². The van der Waals surface area contributed by atoms with Gasteiger partial charge in [0.05, 0.1) is 22.9 Å². The first-order valence-corrected chi connectivity index (χ1v) is 10.4. The average Bonchev–Trinajstić information content (AvgIpc) is 3.06. The van der Waals surface area contributed by atoms with E-state index in [1.54, 1.807) is 36.7 Å². The Labute approximate surface area is 151 Å². The number of anilines is 1. The van der Waals surface area contributed by atoms with Crippen LogP contribution in [0.15, 0.2) is 47.8 Å². The summed E-state index contributed by atoms with van der Waals surface area (Å²) < 4.78 is 25.2. The molecule has 0 atom stereocenters. The third-order valence-electron chi connectivity index (χ3n) is 4.75. The van der Waals surface area contributed by atoms with E-state index < -0.39 is 9.84 Å². The van der Waals surface area contributed by atoms with Crippen LogP contribution in [0.25, 0.3) is 16.9 Å². The number of aliphatic hydroxyl groups excluding tert-OH is 1. The maximum atomic E-state index is 11.6. The van der Waals surface area contributed by atoms with Crippen molar-refractivity contribution in [3.05, 3.63) is 42.9 Å². The van der Waals surface area contributed by atoms with Crippen LogP contribution in [0.1, 0.15) is 12.8 Å². The van der Waals surface area contributed by atoms with Crippen LogP contribution in [0.3, 0.4) is 0 Å². The molecule has 1 saturated heterocycles. The van der Waals surface area contributed by atoms with Crippen LogP contribution in [-0.4, -0.2) is 53.3 Å². The maximum Gasteiger partial charge on any atom is 0.180 e. The first-order chi connectivity index (χ1) is 12.4. The molecule has 3 heterocycles. The predicted octanol–water partition coefficient (Wildman–Crippen LogP) is 1.76. The van der Waals surface area contributed by atoms with Crippen LogP contribution < -0.4 is 4.90 Å². The van der Waals surface area contributed by atoms with E-state index in [1.165, 1.54) is 6.26 Å². The zero-order valence-electron chi connectivity index (χ0n) is 14.4. The number of nitrogens with zero attached hydrogens (tertiary/aromatic N) is 4. The second-order valence-corrected chi connectivity index (χ2v) is 8.62. The fourth-order valence-electron chi connectivity index (χ4n) is 3.29. The smallest absolute Gasteiger partial charge is 0.180 e. The van der Waals surface area contributed by atoms with E-state index in [-0.39, 0.29) is 6.10 Å². The Morgan fingerprint density at radius 3 is 2.46 bits per heavy atom. The fraction of sp³-hybridized carbons (Fsp3) is 0.333. The minimum absolute atomic E-state index is 0.241. The number of aliphatic hydroxyl groups is 1. The number of fused-ring (bicyclic) bond motifs is 1. The summed E-state index contributed by atoms with van der Waals surface area (Å²) in [5.41, 5.74) is 2.52. The van der Waals surface area contributed by atoms with E-state index in [1.807, 2.05) is 10.6 Å². The molecule has 26 heavy (non-hydrogen) atoms. The molecule has 0 radical (unpaired) electrons. The number of benzene rings is 1. The van der Waals surface area contributed by atoms with Crippen molar-refractivity contribution in [3.8, 4) is 11.3 Å². The van der Waals surface area contributed by atoms with Gasteiger partial charge in [0.15, 0.2) is 21.3 Å². The Kier molecular flexibility index (Phi) is 4.16. The number of imidazole rings is 1. The van der Waals surface area contributed by atoms with Crippen molar-refractivity contribution in [1.29, 1.82) is 0 Å². The second kappa shape index (κ2) is 6.37. The van der Waals surface area contributed by atoms with E-state index in [4.69, 9.17) is 0 Å². The summed E-state index contributed by atoms with van der Waals surface area (Å²) in [4.78, 5) is 11.5. The first-order valence-electron chi connectivity index (χ1n) is 8.49. The van der Waals surface area contributed by atoms with Crippen LogP contribution in [0.4, 0.5) is 5.82 Å². The largest absolute Gasteiger partial charge is 0.393 e. The van der Waals surface area contributed by atoms with Gasteiger partial charge in [-0.25, -0.2) is 18.4 Å². The molecule has 0 saturated carbocycles. The van der Waals surface area contributed by atoms with Gasteiger partial charge in [-0.2, -0.15) is 0 Å². The maximum absolute atomic E-state index is 11.6. The van der Waals surface area contributed by atoms with Gasteiger partial charge < -0.3 is 10.0 Å². The summed E-state index contributed by atoms with van der Waals surface area (Å²) in [5.74, 6) is 0.804. The number of sulfone groups is 1. The summed E-state index contributed by atoms with van der Waals surface area (Å²) in [6, 6.07) is 6.80. The highest BCUT2D eigenvalue weighted by Gasteiger charge is 2.21. The van der Waals surface area contributed by atoms with Gasteiger partial charge in [0.1, 0.15) is 0 Å². The summed E-state index contributed by atoms with van der Waals surface area (Å²) in [6.45, 7) is 1.50. The van der Waals surface area contributed by atoms with E-state index in [0.717, 1.165) is 48.7 Å². The standard InChI is InChI=1S/C18H20N4O3S/c1-26(24,25)15-4-2-13(3-5-15)16-12-20-18-17(19-8-11-22(16)18)21-9-6-14(23)7-10-21/h2-5,8,11-12,14,23H,6-7,9-10H2,1H3. The van der Waals surface area contributed by atoms with Crippen molar-refractivity contribution in [2.24, 2.45) is 0 Å². The zero-order chi connectivity index (χ0) is 18.3. The molecule has 7 nitrogen and oxygen atoms in total. The predicted molar refractivity (Wildman–Crippen MR) is 99.0 cm³/mol. The van der Waals surface area contributed by atoms with Crippen molar-refractivity contribution in [3.63, 3.8) is 0 Å². The highest BCUT2D eigenvalue weighted by atomic mass is 32.2. The Balaban J connectivity index is 1.73. The van der Waals surface area contributed by atoms with Gasteiger partial charge in [0.2, 0.25) is 0 Å². The summed E-state index contributed by atoms with van der Waals surface area (Å²) in [5, 5.41) is 9.71. The molecule has 8 heteroatoms. The lowest BCUT2D eigenvalue weighted by Crippen LogP contribution is -2.36. The molecule has 3 aromatic rings. The molecule has 0 unspecified atom stereocenters. The summed E-state index contributed by atoms with van der Waals surface area (Å²) >= 11 is 0. The molecule has 1 aromatic carbocycles. The van der Waals surface area contributed by atoms with E-state index in [2.05, 4.69) is 14.9 Å². The molecule has 1 aliphatic heterocycles. The van der Waals surface area contributed by atoms with Crippen molar-refractivity contribution in [2.45, 2.75) is 23.8 Å². The molecule has 0 bridgehead atoms. The molecular weight excluding hydrogens is 352 g/mol. The minimum atomic E-state index is -3.22. The fourth-order valence-corrected chi connectivity index (χ4v) is 3.92. The Morgan fingerprint density at radius 2 is 1.81 bits per heavy atom. The van der Waals surface area contributed by atoms with Gasteiger partial charge in [-0.3, -0.25) is 4.40 Å². The van der Waals surface area contributed by atoms with Crippen molar-refractivity contribution < 1.29 is 13.5 Å². The monoisotopic (exact) mass is 372 g/mol. The van der Waals surface area contributed by atoms with Gasteiger partial charge in [-0.15, -0.1) is 0 Å². The minimum Gasteiger partial charge on any atom is -0.393 e. The van der Waals surface area contributed by atoms with Crippen LogP contribution in [-0.2, 0) is 9.84 Å². The molecule has 0 spiro atoms. The van der Waals surface area contributed by atoms with Gasteiger partial charge >= 0.3 is 0 Å². The Morgan fingerprint density at radius 1 is 1.12 bits per heavy atom. The first kappa shape index (κ1) is 17.0. The Hall–Kier alpha value is -2.45. The number of piperidine rings is 1. The van der Waals surface area contributed by atoms with E-state index in [0.29, 0.717) is 4.90 Å². The van der Waals surface area contributed by atoms with Crippen LogP contribution in [0.2, 0.25) is 0 Å².